The fourth-order valence-corrected chi connectivity index (χ4v) is 4.24. The van der Waals surface area contributed by atoms with Gasteiger partial charge in [0, 0.05) is 23.3 Å². The summed E-state index contributed by atoms with van der Waals surface area (Å²) in [6, 6.07) is 0. The van der Waals surface area contributed by atoms with Crippen molar-refractivity contribution in [3.63, 3.8) is 0 Å². The molecule has 0 bridgehead atoms. The number of hydrogen-bond acceptors (Lipinski definition) is 2. The Bertz CT molecular complexity index is 209. The number of carbonyl (C=O) groups is 1. The minimum Gasteiger partial charge on any atom is -0.299 e. The normalized spacial score (nSPS) is 29.3. The van der Waals surface area contributed by atoms with Crippen molar-refractivity contribution in [2.24, 2.45) is 5.92 Å². The fraction of sp³-hybridized carbons (Fsp3) is 0.923. The molecule has 2 rings (SSSR count). The Morgan fingerprint density at radius 1 is 1.00 bits per heavy atom. The molecule has 2 aliphatic carbocycles. The first kappa shape index (κ1) is 11.5. The van der Waals surface area contributed by atoms with E-state index < -0.39 is 0 Å². The third-order valence-corrected chi connectivity index (χ3v) is 5.30. The highest BCUT2D eigenvalue weighted by molar-refractivity contribution is 7.99. The Morgan fingerprint density at radius 2 is 1.73 bits per heavy atom. The van der Waals surface area contributed by atoms with Crippen molar-refractivity contribution in [3.05, 3.63) is 0 Å². The standard InChI is InChI=1S/C13H22OS/c14-13-9-5-4-6-11(13)10-15-12-7-2-1-3-8-12/h11-12H,1-10H2. The number of carbonyl (C=O) groups excluding carboxylic acids is 1. The number of Topliss-reactive ketones (excluding diaryl/α,β-unsaturated/α-hetero) is 1. The average molecular weight is 226 g/mol. The molecule has 0 N–H and O–H groups in total. The minimum absolute atomic E-state index is 0.408. The molecular formula is C13H22OS. The van der Waals surface area contributed by atoms with Crippen molar-refractivity contribution in [2.75, 3.05) is 5.75 Å². The van der Waals surface area contributed by atoms with Gasteiger partial charge in [-0.3, -0.25) is 4.79 Å². The van der Waals surface area contributed by atoms with Gasteiger partial charge in [-0.1, -0.05) is 25.7 Å². The molecule has 0 spiro atoms. The Hall–Kier alpha value is 0.0200. The molecule has 0 radical (unpaired) electrons. The number of ketones is 1. The maximum atomic E-state index is 11.7. The molecule has 0 aromatic carbocycles. The molecule has 0 aliphatic heterocycles. The van der Waals surface area contributed by atoms with Crippen LogP contribution in [0.25, 0.3) is 0 Å². The van der Waals surface area contributed by atoms with E-state index in [1.54, 1.807) is 0 Å². The van der Waals surface area contributed by atoms with Crippen molar-refractivity contribution in [2.45, 2.75) is 63.0 Å². The van der Waals surface area contributed by atoms with Gasteiger partial charge in [0.15, 0.2) is 0 Å². The molecular weight excluding hydrogens is 204 g/mol. The van der Waals surface area contributed by atoms with Crippen LogP contribution in [0.4, 0.5) is 0 Å². The quantitative estimate of drug-likeness (QED) is 0.728. The molecule has 1 atom stereocenters. The average Bonchev–Trinajstić information content (AvgIpc) is 2.29. The lowest BCUT2D eigenvalue weighted by Gasteiger charge is -2.25. The minimum atomic E-state index is 0.408. The van der Waals surface area contributed by atoms with Crippen LogP contribution in [0.3, 0.4) is 0 Å². The van der Waals surface area contributed by atoms with Gasteiger partial charge in [-0.05, 0) is 25.7 Å². The van der Waals surface area contributed by atoms with E-state index in [1.165, 1.54) is 44.9 Å². The Morgan fingerprint density at radius 3 is 2.47 bits per heavy atom. The highest BCUT2D eigenvalue weighted by Crippen LogP contribution is 2.32. The van der Waals surface area contributed by atoms with E-state index in [2.05, 4.69) is 11.8 Å². The smallest absolute Gasteiger partial charge is 0.136 e. The molecule has 2 aliphatic rings. The molecule has 15 heavy (non-hydrogen) atoms. The molecule has 2 fully saturated rings. The van der Waals surface area contributed by atoms with E-state index in [-0.39, 0.29) is 0 Å². The fourth-order valence-electron chi connectivity index (χ4n) is 2.72. The zero-order chi connectivity index (χ0) is 10.5. The van der Waals surface area contributed by atoms with Gasteiger partial charge in [0.2, 0.25) is 0 Å². The van der Waals surface area contributed by atoms with Crippen LogP contribution >= 0.6 is 11.8 Å². The molecule has 0 aromatic heterocycles. The molecule has 0 amide bonds. The van der Waals surface area contributed by atoms with Crippen LogP contribution in [0.15, 0.2) is 0 Å². The second kappa shape index (κ2) is 5.93. The van der Waals surface area contributed by atoms with Crippen LogP contribution in [0.2, 0.25) is 0 Å². The molecule has 86 valence electrons. The van der Waals surface area contributed by atoms with Crippen molar-refractivity contribution in [3.8, 4) is 0 Å². The second-order valence-corrected chi connectivity index (χ2v) is 6.34. The SMILES string of the molecule is O=C1CCCCC1CSC1CCCCC1. The van der Waals surface area contributed by atoms with Crippen LogP contribution < -0.4 is 0 Å². The first-order valence-electron chi connectivity index (χ1n) is 6.50. The van der Waals surface area contributed by atoms with Crippen LogP contribution in [0.1, 0.15) is 57.8 Å². The predicted octanol–water partition coefficient (Wildman–Crippen LogP) is 3.81. The van der Waals surface area contributed by atoms with Crippen molar-refractivity contribution >= 4 is 17.5 Å². The third-order valence-electron chi connectivity index (χ3n) is 3.77. The lowest BCUT2D eigenvalue weighted by atomic mass is 9.89. The molecule has 1 nitrogen and oxygen atoms in total. The molecule has 2 heteroatoms. The number of rotatable bonds is 3. The van der Waals surface area contributed by atoms with E-state index in [1.807, 2.05) is 0 Å². The van der Waals surface area contributed by atoms with E-state index in [4.69, 9.17) is 0 Å². The molecule has 0 aromatic rings. The summed E-state index contributed by atoms with van der Waals surface area (Å²) in [5.74, 6) is 2.07. The van der Waals surface area contributed by atoms with Gasteiger partial charge in [-0.15, -0.1) is 0 Å². The van der Waals surface area contributed by atoms with E-state index >= 15 is 0 Å². The van der Waals surface area contributed by atoms with E-state index in [0.29, 0.717) is 11.7 Å². The van der Waals surface area contributed by atoms with Crippen LogP contribution in [0, 0.1) is 5.92 Å². The van der Waals surface area contributed by atoms with Crippen molar-refractivity contribution < 1.29 is 4.79 Å². The summed E-state index contributed by atoms with van der Waals surface area (Å²) in [6.07, 6.45) is 11.5. The second-order valence-electron chi connectivity index (χ2n) is 5.00. The number of thioether (sulfide) groups is 1. The summed E-state index contributed by atoms with van der Waals surface area (Å²) in [5, 5.41) is 0.869. The van der Waals surface area contributed by atoms with Crippen LogP contribution in [-0.2, 0) is 4.79 Å². The molecule has 0 heterocycles. The van der Waals surface area contributed by atoms with Crippen LogP contribution in [-0.4, -0.2) is 16.8 Å². The van der Waals surface area contributed by atoms with E-state index in [0.717, 1.165) is 23.8 Å². The summed E-state index contributed by atoms with van der Waals surface area (Å²) in [7, 11) is 0. The first-order chi connectivity index (χ1) is 7.36. The molecule has 2 saturated carbocycles. The molecule has 0 saturated heterocycles. The highest BCUT2D eigenvalue weighted by Gasteiger charge is 2.23. The maximum absolute atomic E-state index is 11.7. The highest BCUT2D eigenvalue weighted by atomic mass is 32.2. The predicted molar refractivity (Wildman–Crippen MR) is 66.3 cm³/mol. The van der Waals surface area contributed by atoms with Gasteiger partial charge in [0.05, 0.1) is 0 Å². The summed E-state index contributed by atoms with van der Waals surface area (Å²) in [6.45, 7) is 0. The zero-order valence-electron chi connectivity index (χ0n) is 9.54. The number of hydrogen-bond donors (Lipinski definition) is 0. The largest absolute Gasteiger partial charge is 0.299 e. The topological polar surface area (TPSA) is 17.1 Å². The van der Waals surface area contributed by atoms with E-state index in [9.17, 15) is 4.79 Å². The molecule has 1 unspecified atom stereocenters. The Labute approximate surface area is 97.4 Å². The van der Waals surface area contributed by atoms with Crippen LogP contribution in [0.5, 0.6) is 0 Å². The summed E-state index contributed by atoms with van der Waals surface area (Å²) >= 11 is 2.09. The Balaban J connectivity index is 1.69. The van der Waals surface area contributed by atoms with Gasteiger partial charge >= 0.3 is 0 Å². The van der Waals surface area contributed by atoms with Gasteiger partial charge in [-0.2, -0.15) is 11.8 Å². The summed E-state index contributed by atoms with van der Waals surface area (Å²) in [5.41, 5.74) is 0. The van der Waals surface area contributed by atoms with Gasteiger partial charge < -0.3 is 0 Å². The van der Waals surface area contributed by atoms with Gasteiger partial charge in [0.25, 0.3) is 0 Å². The van der Waals surface area contributed by atoms with Gasteiger partial charge in [0.1, 0.15) is 5.78 Å². The monoisotopic (exact) mass is 226 g/mol. The maximum Gasteiger partial charge on any atom is 0.136 e. The Kier molecular flexibility index (Phi) is 4.55. The zero-order valence-corrected chi connectivity index (χ0v) is 10.4. The summed E-state index contributed by atoms with van der Waals surface area (Å²) in [4.78, 5) is 11.7. The third kappa shape index (κ3) is 3.51. The summed E-state index contributed by atoms with van der Waals surface area (Å²) < 4.78 is 0. The van der Waals surface area contributed by atoms with Crippen molar-refractivity contribution in [1.29, 1.82) is 0 Å². The van der Waals surface area contributed by atoms with Gasteiger partial charge in [-0.25, -0.2) is 0 Å². The lowest BCUT2D eigenvalue weighted by molar-refractivity contribution is -0.123. The van der Waals surface area contributed by atoms with Crippen molar-refractivity contribution in [1.82, 2.24) is 0 Å². The first-order valence-corrected chi connectivity index (χ1v) is 7.55. The lowest BCUT2D eigenvalue weighted by Crippen LogP contribution is -2.22.